The Hall–Kier alpha value is -1.59. The first kappa shape index (κ1) is 16.5. The normalized spacial score (nSPS) is 12.7. The Kier molecular flexibility index (Phi) is 6.48. The quantitative estimate of drug-likeness (QED) is 0.379. The maximum atomic E-state index is 11.7. The van der Waals surface area contributed by atoms with Crippen LogP contribution in [-0.2, 0) is 14.3 Å². The Bertz CT molecular complexity index is 532. The van der Waals surface area contributed by atoms with Crippen LogP contribution in [0.1, 0.15) is 13.8 Å². The number of esters is 1. The highest BCUT2D eigenvalue weighted by molar-refractivity contribution is 6.40. The van der Waals surface area contributed by atoms with E-state index in [0.29, 0.717) is 22.0 Å². The second kappa shape index (κ2) is 7.87. The van der Waals surface area contributed by atoms with E-state index < -0.39 is 11.9 Å². The Morgan fingerprint density at radius 2 is 2.20 bits per heavy atom. The number of hydrazone groups is 1. The van der Waals surface area contributed by atoms with E-state index in [0.717, 1.165) is 0 Å². The first-order valence-electron chi connectivity index (χ1n) is 5.90. The van der Waals surface area contributed by atoms with Gasteiger partial charge in [-0.25, -0.2) is 4.79 Å². The van der Waals surface area contributed by atoms with Crippen molar-refractivity contribution in [2.75, 3.05) is 12.0 Å². The Morgan fingerprint density at radius 3 is 2.75 bits per heavy atom. The number of ether oxygens (including phenoxy) is 1. The van der Waals surface area contributed by atoms with Gasteiger partial charge in [0, 0.05) is 5.02 Å². The highest BCUT2D eigenvalue weighted by Crippen LogP contribution is 2.25. The van der Waals surface area contributed by atoms with Crippen LogP contribution in [0, 0.1) is 5.92 Å². The summed E-state index contributed by atoms with van der Waals surface area (Å²) in [7, 11) is 0. The minimum atomic E-state index is -0.687. The molecular formula is C13H14Cl2N2O3. The molecule has 1 aromatic rings. The van der Waals surface area contributed by atoms with Gasteiger partial charge in [0.2, 0.25) is 0 Å². The number of halogens is 2. The Balaban J connectivity index is 2.96. The van der Waals surface area contributed by atoms with E-state index in [1.807, 2.05) is 0 Å². The fourth-order valence-electron chi connectivity index (χ4n) is 1.30. The van der Waals surface area contributed by atoms with Gasteiger partial charge in [0.05, 0.1) is 23.2 Å². The molecule has 1 N–H and O–H groups in total. The monoisotopic (exact) mass is 316 g/mol. The number of carbonyl (C=O) groups excluding carboxylic acids is 2. The number of benzene rings is 1. The average molecular weight is 317 g/mol. The van der Waals surface area contributed by atoms with Crippen LogP contribution in [0.25, 0.3) is 0 Å². The summed E-state index contributed by atoms with van der Waals surface area (Å²) >= 11 is 11.7. The van der Waals surface area contributed by atoms with Gasteiger partial charge < -0.3 is 9.53 Å². The largest absolute Gasteiger partial charge is 0.461 e. The molecule has 1 unspecified atom stereocenters. The van der Waals surface area contributed by atoms with Crippen LogP contribution in [0.4, 0.5) is 5.69 Å². The molecule has 0 spiro atoms. The zero-order valence-corrected chi connectivity index (χ0v) is 12.5. The van der Waals surface area contributed by atoms with Crippen molar-refractivity contribution in [3.8, 4) is 0 Å². The lowest BCUT2D eigenvalue weighted by molar-refractivity contribution is -0.135. The summed E-state index contributed by atoms with van der Waals surface area (Å²) in [6.45, 7) is 3.42. The summed E-state index contributed by atoms with van der Waals surface area (Å²) in [5.41, 5.74) is 3.08. The molecule has 0 heterocycles. The van der Waals surface area contributed by atoms with Gasteiger partial charge in [0.25, 0.3) is 0 Å². The molecule has 0 bridgehead atoms. The lowest BCUT2D eigenvalue weighted by Gasteiger charge is -2.10. The molecule has 1 atom stereocenters. The molecule has 0 aliphatic carbocycles. The summed E-state index contributed by atoms with van der Waals surface area (Å²) < 4.78 is 4.84. The van der Waals surface area contributed by atoms with E-state index in [1.165, 1.54) is 6.07 Å². The third kappa shape index (κ3) is 4.51. The summed E-state index contributed by atoms with van der Waals surface area (Å²) in [5, 5.41) is 4.74. The summed E-state index contributed by atoms with van der Waals surface area (Å²) in [6, 6.07) is 4.77. The van der Waals surface area contributed by atoms with Crippen LogP contribution in [0.3, 0.4) is 0 Å². The zero-order chi connectivity index (χ0) is 15.1. The molecule has 0 aromatic heterocycles. The summed E-state index contributed by atoms with van der Waals surface area (Å²) in [5.74, 6) is -1.34. The van der Waals surface area contributed by atoms with Crippen molar-refractivity contribution in [2.24, 2.45) is 11.0 Å². The van der Waals surface area contributed by atoms with E-state index in [2.05, 4.69) is 10.5 Å². The molecular weight excluding hydrogens is 303 g/mol. The standard InChI is InChI=1S/C13H14Cl2N2O3/c1-3-20-13(19)12(8(2)7-18)17-16-11-5-4-9(14)6-10(11)15/h4-8,16H,3H2,1-2H3/b17-12-. The number of rotatable bonds is 6. The smallest absolute Gasteiger partial charge is 0.355 e. The van der Waals surface area contributed by atoms with Crippen molar-refractivity contribution in [2.45, 2.75) is 13.8 Å². The van der Waals surface area contributed by atoms with Crippen molar-refractivity contribution in [1.29, 1.82) is 0 Å². The number of carbonyl (C=O) groups is 2. The van der Waals surface area contributed by atoms with Crippen molar-refractivity contribution in [3.63, 3.8) is 0 Å². The lowest BCUT2D eigenvalue weighted by Crippen LogP contribution is -2.26. The molecule has 20 heavy (non-hydrogen) atoms. The maximum Gasteiger partial charge on any atom is 0.355 e. The zero-order valence-electron chi connectivity index (χ0n) is 11.0. The first-order chi connectivity index (χ1) is 9.49. The van der Waals surface area contributed by atoms with Crippen LogP contribution in [0.2, 0.25) is 10.0 Å². The molecule has 1 aromatic carbocycles. The number of aldehydes is 1. The van der Waals surface area contributed by atoms with Crippen LogP contribution >= 0.6 is 23.2 Å². The van der Waals surface area contributed by atoms with E-state index >= 15 is 0 Å². The predicted molar refractivity (Wildman–Crippen MR) is 79.4 cm³/mol. The SMILES string of the molecule is CCOC(=O)/C(=N\Nc1ccc(Cl)cc1Cl)C(C)C=O. The number of hydrogen-bond acceptors (Lipinski definition) is 5. The van der Waals surface area contributed by atoms with Gasteiger partial charge in [-0.2, -0.15) is 5.10 Å². The third-order valence-corrected chi connectivity index (χ3v) is 2.90. The highest BCUT2D eigenvalue weighted by Gasteiger charge is 2.20. The van der Waals surface area contributed by atoms with Crippen LogP contribution < -0.4 is 5.43 Å². The first-order valence-corrected chi connectivity index (χ1v) is 6.66. The molecule has 0 fully saturated rings. The van der Waals surface area contributed by atoms with Gasteiger partial charge in [-0.3, -0.25) is 5.43 Å². The number of anilines is 1. The molecule has 7 heteroatoms. The molecule has 0 aliphatic rings. The Labute approximate surface area is 126 Å². The van der Waals surface area contributed by atoms with Gasteiger partial charge in [0.1, 0.15) is 6.29 Å². The number of hydrogen-bond donors (Lipinski definition) is 1. The lowest BCUT2D eigenvalue weighted by atomic mass is 10.1. The predicted octanol–water partition coefficient (Wildman–Crippen LogP) is 3.16. The maximum absolute atomic E-state index is 11.7. The van der Waals surface area contributed by atoms with Crippen molar-refractivity contribution >= 4 is 46.9 Å². The molecule has 0 saturated carbocycles. The molecule has 108 valence electrons. The van der Waals surface area contributed by atoms with E-state index in [1.54, 1.807) is 26.0 Å². The van der Waals surface area contributed by atoms with E-state index in [9.17, 15) is 9.59 Å². The molecule has 0 aliphatic heterocycles. The van der Waals surface area contributed by atoms with Crippen molar-refractivity contribution < 1.29 is 14.3 Å². The van der Waals surface area contributed by atoms with Crippen LogP contribution in [0.15, 0.2) is 23.3 Å². The molecule has 5 nitrogen and oxygen atoms in total. The van der Waals surface area contributed by atoms with Crippen LogP contribution in [-0.4, -0.2) is 24.6 Å². The second-order valence-corrected chi connectivity index (χ2v) is 4.72. The molecule has 0 radical (unpaired) electrons. The summed E-state index contributed by atoms with van der Waals surface area (Å²) in [4.78, 5) is 22.5. The van der Waals surface area contributed by atoms with Crippen molar-refractivity contribution in [3.05, 3.63) is 28.2 Å². The number of nitrogens with one attached hydrogen (secondary N) is 1. The summed E-state index contributed by atoms with van der Waals surface area (Å²) in [6.07, 6.45) is 0.612. The highest BCUT2D eigenvalue weighted by atomic mass is 35.5. The molecule has 0 saturated heterocycles. The van der Waals surface area contributed by atoms with Gasteiger partial charge in [-0.1, -0.05) is 23.2 Å². The van der Waals surface area contributed by atoms with Gasteiger partial charge in [-0.05, 0) is 32.0 Å². The third-order valence-electron chi connectivity index (χ3n) is 2.35. The van der Waals surface area contributed by atoms with Crippen molar-refractivity contribution in [1.82, 2.24) is 0 Å². The fourth-order valence-corrected chi connectivity index (χ4v) is 1.75. The second-order valence-electron chi connectivity index (χ2n) is 3.88. The van der Waals surface area contributed by atoms with Gasteiger partial charge in [0.15, 0.2) is 5.71 Å². The number of nitrogens with zero attached hydrogens (tertiary/aromatic N) is 1. The minimum absolute atomic E-state index is 0.0205. The average Bonchev–Trinajstić information content (AvgIpc) is 2.41. The van der Waals surface area contributed by atoms with E-state index in [4.69, 9.17) is 27.9 Å². The molecule has 1 rings (SSSR count). The van der Waals surface area contributed by atoms with E-state index in [-0.39, 0.29) is 12.3 Å². The van der Waals surface area contributed by atoms with Gasteiger partial charge >= 0.3 is 5.97 Å². The molecule has 0 amide bonds. The Morgan fingerprint density at radius 1 is 1.50 bits per heavy atom. The minimum Gasteiger partial charge on any atom is -0.461 e. The fraction of sp³-hybridized carbons (Fsp3) is 0.308. The topological polar surface area (TPSA) is 67.8 Å². The van der Waals surface area contributed by atoms with Gasteiger partial charge in [-0.15, -0.1) is 0 Å². The van der Waals surface area contributed by atoms with Crippen LogP contribution in [0.5, 0.6) is 0 Å².